The average molecular weight is 917 g/mol. The number of aliphatic hydroxyl groups excluding tert-OH is 2. The van der Waals surface area contributed by atoms with Gasteiger partial charge in [0.25, 0.3) is 5.91 Å². The number of fused-ring (bicyclic) bond motifs is 2. The molecule has 4 aromatic rings. The van der Waals surface area contributed by atoms with Crippen molar-refractivity contribution < 1.29 is 52.7 Å². The summed E-state index contributed by atoms with van der Waals surface area (Å²) in [5.41, 5.74) is 3.83. The van der Waals surface area contributed by atoms with Crippen molar-refractivity contribution in [1.82, 2.24) is 4.90 Å². The number of nitrogens with one attached hydrogen (secondary N) is 1. The summed E-state index contributed by atoms with van der Waals surface area (Å²) < 4.78 is 45.5. The summed E-state index contributed by atoms with van der Waals surface area (Å²) in [6, 6.07) is 23.7. The molecule has 4 aromatic carbocycles. The summed E-state index contributed by atoms with van der Waals surface area (Å²) in [6.07, 6.45) is 7.21. The zero-order valence-corrected chi connectivity index (χ0v) is 38.0. The molecule has 2 amide bonds. The van der Waals surface area contributed by atoms with Gasteiger partial charge in [-0.15, -0.1) is 6.58 Å². The molecule has 1 saturated carbocycles. The van der Waals surface area contributed by atoms with E-state index in [4.69, 9.17) is 28.5 Å². The molecule has 6 atom stereocenters. The number of carbonyl (C=O) groups is 2. The first-order valence-corrected chi connectivity index (χ1v) is 22.5. The second-order valence-electron chi connectivity index (χ2n) is 16.8. The average Bonchev–Trinajstić information content (AvgIpc) is 3.34. The Bertz CT molecular complexity index is 2490. The van der Waals surface area contributed by atoms with Crippen LogP contribution in [0.15, 0.2) is 114 Å². The van der Waals surface area contributed by atoms with E-state index in [1.165, 1.54) is 33.5 Å². The first-order valence-electron chi connectivity index (χ1n) is 22.5. The zero-order valence-electron chi connectivity index (χ0n) is 38.0. The van der Waals surface area contributed by atoms with Crippen LogP contribution in [0.25, 0.3) is 0 Å². The van der Waals surface area contributed by atoms with E-state index in [9.17, 15) is 24.7 Å². The standard InChI is InChI=1S/C52H57FN4O10/c1-5-26-65-52-47(57(32-34-14-18-37(53)19-15-34)50(60)35-16-12-33(31-54)13-17-35)30-44(56-64-4)41-27-36(10-6-8-24-58)40(11-7-9-25-59)48(49(41)52)42-28-39(21-23-45(42)67-52)66-51(61)55-43-22-20-38(62-2)29-46(43)63-3/h5,12-23,27-29,36,40,47-49,58-59H,1,6-11,24-26,30,32H2,2-4H3,(H,55,61)/t36-,40+,47-,48+,49+,52+/m0/s1. The summed E-state index contributed by atoms with van der Waals surface area (Å²) >= 11 is 0. The number of ether oxygens (including phenoxy) is 5. The molecule has 0 aromatic heterocycles. The molecule has 3 aliphatic rings. The first kappa shape index (κ1) is 48.2. The third-order valence-corrected chi connectivity index (χ3v) is 12.9. The quantitative estimate of drug-likeness (QED) is 0.0438. The number of methoxy groups -OCH3 is 2. The van der Waals surface area contributed by atoms with E-state index in [2.05, 4.69) is 29.2 Å². The van der Waals surface area contributed by atoms with Gasteiger partial charge in [-0.3, -0.25) is 10.1 Å². The van der Waals surface area contributed by atoms with E-state index < -0.39 is 41.5 Å². The number of benzene rings is 4. The van der Waals surface area contributed by atoms with Gasteiger partial charge in [0.05, 0.1) is 49.8 Å². The van der Waals surface area contributed by atoms with Gasteiger partial charge in [0.1, 0.15) is 42.0 Å². The van der Waals surface area contributed by atoms with Crippen molar-refractivity contribution in [1.29, 1.82) is 5.26 Å². The van der Waals surface area contributed by atoms with Gasteiger partial charge in [-0.1, -0.05) is 42.3 Å². The number of hydrogen-bond acceptors (Lipinski definition) is 12. The fourth-order valence-electron chi connectivity index (χ4n) is 9.93. The lowest BCUT2D eigenvalue weighted by atomic mass is 9.55. The van der Waals surface area contributed by atoms with Crippen LogP contribution in [-0.4, -0.2) is 85.8 Å². The Kier molecular flexibility index (Phi) is 16.0. The number of anilines is 1. The van der Waals surface area contributed by atoms with Crippen LogP contribution in [0.2, 0.25) is 0 Å². The summed E-state index contributed by atoms with van der Waals surface area (Å²) in [6.45, 7) is 4.09. The maximum absolute atomic E-state index is 15.2. The Hall–Kier alpha value is -6.73. The summed E-state index contributed by atoms with van der Waals surface area (Å²) in [4.78, 5) is 36.0. The lowest BCUT2D eigenvalue weighted by molar-refractivity contribution is -0.255. The molecular formula is C52H57FN4O10. The summed E-state index contributed by atoms with van der Waals surface area (Å²) in [7, 11) is 4.49. The van der Waals surface area contributed by atoms with Crippen LogP contribution in [0.5, 0.6) is 23.0 Å². The monoisotopic (exact) mass is 916 g/mol. The van der Waals surface area contributed by atoms with E-state index in [1.807, 2.05) is 6.07 Å². The normalized spacial score (nSPS) is 21.9. The van der Waals surface area contributed by atoms with E-state index in [0.29, 0.717) is 71.0 Å². The molecule has 352 valence electrons. The van der Waals surface area contributed by atoms with E-state index in [0.717, 1.165) is 24.0 Å². The topological polar surface area (TPSA) is 181 Å². The summed E-state index contributed by atoms with van der Waals surface area (Å²) in [5.74, 6) is -2.05. The lowest BCUT2D eigenvalue weighted by Crippen LogP contribution is -2.70. The molecule has 1 fully saturated rings. The van der Waals surface area contributed by atoms with Crippen LogP contribution >= 0.6 is 0 Å². The first-order chi connectivity index (χ1) is 32.6. The molecule has 1 heterocycles. The maximum Gasteiger partial charge on any atom is 0.417 e. The number of carbonyl (C=O) groups excluding carboxylic acids is 2. The van der Waals surface area contributed by atoms with Crippen LogP contribution in [0, 0.1) is 34.9 Å². The number of nitriles is 1. The Morgan fingerprint density at radius 1 is 0.955 bits per heavy atom. The zero-order chi connectivity index (χ0) is 47.5. The molecule has 0 saturated heterocycles. The van der Waals surface area contributed by atoms with Crippen molar-refractivity contribution in [3.63, 3.8) is 0 Å². The van der Waals surface area contributed by atoms with Crippen LogP contribution < -0.4 is 24.3 Å². The van der Waals surface area contributed by atoms with Crippen molar-refractivity contribution in [3.05, 3.63) is 137 Å². The van der Waals surface area contributed by atoms with Gasteiger partial charge >= 0.3 is 6.09 Å². The minimum absolute atomic E-state index is 0.0117. The molecular weight excluding hydrogens is 860 g/mol. The van der Waals surface area contributed by atoms with Crippen LogP contribution in [0.1, 0.15) is 77.9 Å². The SMILES string of the molecule is C=CCO[C@@]12Oc3ccc(OC(=O)Nc4ccc(OC)cc4OC)cc3[C@H]3[C@H](CCCCO)[C@@H](CCCCO)C=C(C(=NOC)C[C@@H]1N(Cc1ccc(F)cc1)C(=O)c1ccc(C#N)cc1)[C@H]32. The number of allylic oxidation sites excluding steroid dienone is 1. The molecule has 67 heavy (non-hydrogen) atoms. The fourth-order valence-corrected chi connectivity index (χ4v) is 9.93. The number of oxime groups is 1. The van der Waals surface area contributed by atoms with Crippen molar-refractivity contribution in [2.45, 2.75) is 69.2 Å². The number of aliphatic hydroxyl groups is 2. The molecule has 0 bridgehead atoms. The molecule has 15 heteroatoms. The Morgan fingerprint density at radius 2 is 1.69 bits per heavy atom. The van der Waals surface area contributed by atoms with Crippen molar-refractivity contribution in [2.24, 2.45) is 22.9 Å². The van der Waals surface area contributed by atoms with Gasteiger partial charge in [-0.05, 0) is 115 Å². The highest BCUT2D eigenvalue weighted by Gasteiger charge is 2.65. The number of halogens is 1. The van der Waals surface area contributed by atoms with Crippen LogP contribution in [0.3, 0.4) is 0 Å². The largest absolute Gasteiger partial charge is 0.497 e. The predicted octanol–water partition coefficient (Wildman–Crippen LogP) is 8.93. The number of hydrogen-bond donors (Lipinski definition) is 3. The van der Waals surface area contributed by atoms with Crippen molar-refractivity contribution in [3.8, 4) is 29.1 Å². The van der Waals surface area contributed by atoms with Crippen molar-refractivity contribution in [2.75, 3.05) is 46.5 Å². The highest BCUT2D eigenvalue weighted by Crippen LogP contribution is 2.62. The number of nitrogens with zero attached hydrogens (tertiary/aromatic N) is 3. The Morgan fingerprint density at radius 3 is 2.36 bits per heavy atom. The number of unbranched alkanes of at least 4 members (excludes halogenated alkanes) is 2. The Labute approximate surface area is 390 Å². The third-order valence-electron chi connectivity index (χ3n) is 12.9. The molecule has 3 N–H and O–H groups in total. The second-order valence-corrected chi connectivity index (χ2v) is 16.8. The third kappa shape index (κ3) is 10.5. The highest BCUT2D eigenvalue weighted by atomic mass is 19.1. The molecule has 7 rings (SSSR count). The van der Waals surface area contributed by atoms with E-state index >= 15 is 4.79 Å². The van der Waals surface area contributed by atoms with Crippen LogP contribution in [0.4, 0.5) is 14.9 Å². The number of rotatable bonds is 20. The van der Waals surface area contributed by atoms with Gasteiger partial charge in [-0.2, -0.15) is 5.26 Å². The van der Waals surface area contributed by atoms with Crippen molar-refractivity contribution >= 4 is 23.4 Å². The molecule has 2 aliphatic carbocycles. The predicted molar refractivity (Wildman–Crippen MR) is 249 cm³/mol. The fraction of sp³-hybridized carbons (Fsp3) is 0.385. The molecule has 14 nitrogen and oxygen atoms in total. The highest BCUT2D eigenvalue weighted by molar-refractivity contribution is 6.03. The molecule has 0 radical (unpaired) electrons. The van der Waals surface area contributed by atoms with Gasteiger partial charge in [0, 0.05) is 49.3 Å². The Balaban J connectivity index is 1.42. The lowest BCUT2D eigenvalue weighted by Gasteiger charge is -2.60. The van der Waals surface area contributed by atoms with Gasteiger partial charge < -0.3 is 43.6 Å². The van der Waals surface area contributed by atoms with Crippen LogP contribution in [-0.2, 0) is 16.1 Å². The maximum atomic E-state index is 15.2. The van der Waals surface area contributed by atoms with E-state index in [1.54, 1.807) is 77.7 Å². The molecule has 0 spiro atoms. The van der Waals surface area contributed by atoms with Gasteiger partial charge in [0.15, 0.2) is 0 Å². The number of amides is 2. The minimum atomic E-state index is -1.61. The summed E-state index contributed by atoms with van der Waals surface area (Å²) in [5, 5.41) is 36.9. The molecule has 0 unspecified atom stereocenters. The van der Waals surface area contributed by atoms with E-state index in [-0.39, 0.29) is 50.4 Å². The second kappa shape index (κ2) is 22.2. The molecule has 1 aliphatic heterocycles. The smallest absolute Gasteiger partial charge is 0.417 e. The van der Waals surface area contributed by atoms with Gasteiger partial charge in [0.2, 0.25) is 5.79 Å². The minimum Gasteiger partial charge on any atom is -0.497 e. The van der Waals surface area contributed by atoms with Gasteiger partial charge in [-0.25, -0.2) is 9.18 Å².